The maximum atomic E-state index is 11.5. The van der Waals surface area contributed by atoms with Crippen LogP contribution in [0.4, 0.5) is 0 Å². The molecule has 2 aromatic carbocycles. The Balaban J connectivity index is 1.75. The monoisotopic (exact) mass is 448 g/mol. The van der Waals surface area contributed by atoms with Gasteiger partial charge in [0.1, 0.15) is 11.5 Å². The number of rotatable bonds is 6. The zero-order valence-corrected chi connectivity index (χ0v) is 21.3. The molecule has 0 saturated heterocycles. The van der Waals surface area contributed by atoms with Crippen molar-refractivity contribution < 1.29 is 10.2 Å². The molecule has 0 heterocycles. The number of phenolic OH excluding ortho intramolecular Hbond substituents is 2. The van der Waals surface area contributed by atoms with Crippen LogP contribution in [-0.4, -0.2) is 10.2 Å². The number of phenols is 2. The van der Waals surface area contributed by atoms with Crippen LogP contribution in [-0.2, 0) is 24.7 Å². The molecule has 0 bridgehead atoms. The van der Waals surface area contributed by atoms with Crippen LogP contribution < -0.4 is 0 Å². The Morgan fingerprint density at radius 3 is 2.03 bits per heavy atom. The number of hydrogen-bond acceptors (Lipinski definition) is 2. The lowest BCUT2D eigenvalue weighted by Gasteiger charge is -2.35. The predicted octanol–water partition coefficient (Wildman–Crippen LogP) is 8.33. The van der Waals surface area contributed by atoms with Crippen LogP contribution in [0, 0.1) is 5.92 Å². The zero-order valence-electron chi connectivity index (χ0n) is 21.3. The molecule has 2 unspecified atom stereocenters. The molecule has 2 N–H and O–H groups in total. The summed E-state index contributed by atoms with van der Waals surface area (Å²) in [4.78, 5) is 0. The van der Waals surface area contributed by atoms with Gasteiger partial charge in [0.25, 0.3) is 0 Å². The second-order valence-corrected chi connectivity index (χ2v) is 11.2. The fraction of sp³-hybridized carbons (Fsp3) is 0.613. The molecule has 2 heteroatoms. The van der Waals surface area contributed by atoms with E-state index in [4.69, 9.17) is 0 Å². The van der Waals surface area contributed by atoms with Crippen molar-refractivity contribution in [2.45, 2.75) is 116 Å². The van der Waals surface area contributed by atoms with E-state index in [1.807, 2.05) is 0 Å². The minimum atomic E-state index is 0.0538. The van der Waals surface area contributed by atoms with E-state index in [1.54, 1.807) is 0 Å². The average molecular weight is 449 g/mol. The van der Waals surface area contributed by atoms with Gasteiger partial charge in [-0.1, -0.05) is 90.5 Å². The van der Waals surface area contributed by atoms with E-state index in [9.17, 15) is 10.2 Å². The highest BCUT2D eigenvalue weighted by atomic mass is 16.3. The lowest BCUT2D eigenvalue weighted by molar-refractivity contribution is 0.307. The van der Waals surface area contributed by atoms with Crippen molar-refractivity contribution in [3.8, 4) is 11.5 Å². The van der Waals surface area contributed by atoms with Crippen LogP contribution in [0.25, 0.3) is 0 Å². The predicted molar refractivity (Wildman–Crippen MR) is 139 cm³/mol. The first-order chi connectivity index (χ1) is 15.9. The number of aromatic hydroxyl groups is 2. The minimum Gasteiger partial charge on any atom is -0.507 e. The third kappa shape index (κ3) is 4.96. The van der Waals surface area contributed by atoms with Gasteiger partial charge in [-0.05, 0) is 77.2 Å². The van der Waals surface area contributed by atoms with Crippen molar-refractivity contribution in [3.05, 3.63) is 57.6 Å². The molecular weight excluding hydrogens is 404 g/mol. The number of benzene rings is 2. The van der Waals surface area contributed by atoms with Crippen molar-refractivity contribution in [2.24, 2.45) is 5.92 Å². The van der Waals surface area contributed by atoms with Gasteiger partial charge in [-0.3, -0.25) is 0 Å². The van der Waals surface area contributed by atoms with E-state index < -0.39 is 0 Å². The standard InChI is InChI=1S/C31H44O2/c1-5-22-16-24(29(32)27(18-22)26-13-9-8-12-21(26)3)20-25-17-23(6-2)19-28(30(25)33)31(4)14-10-7-11-15-31/h16-19,21,26,32-33H,5-15,20H2,1-4H3. The Bertz CT molecular complexity index is 967. The Hall–Kier alpha value is -1.96. The second-order valence-electron chi connectivity index (χ2n) is 11.2. The van der Waals surface area contributed by atoms with E-state index in [2.05, 4.69) is 52.0 Å². The highest BCUT2D eigenvalue weighted by Gasteiger charge is 2.33. The Kier molecular flexibility index (Phi) is 7.41. The quantitative estimate of drug-likeness (QED) is 0.466. The summed E-state index contributed by atoms with van der Waals surface area (Å²) in [7, 11) is 0. The molecule has 33 heavy (non-hydrogen) atoms. The van der Waals surface area contributed by atoms with Crippen LogP contribution in [0.2, 0.25) is 0 Å². The lowest BCUT2D eigenvalue weighted by Crippen LogP contribution is -2.25. The third-order valence-corrected chi connectivity index (χ3v) is 8.84. The van der Waals surface area contributed by atoms with Gasteiger partial charge in [0.2, 0.25) is 0 Å². The first-order valence-corrected chi connectivity index (χ1v) is 13.6. The summed E-state index contributed by atoms with van der Waals surface area (Å²) < 4.78 is 0. The van der Waals surface area contributed by atoms with E-state index in [0.717, 1.165) is 47.9 Å². The van der Waals surface area contributed by atoms with Crippen LogP contribution in [0.1, 0.15) is 125 Å². The van der Waals surface area contributed by atoms with Crippen molar-refractivity contribution in [2.75, 3.05) is 0 Å². The average Bonchev–Trinajstić information content (AvgIpc) is 2.82. The van der Waals surface area contributed by atoms with Gasteiger partial charge in [-0.2, -0.15) is 0 Å². The highest BCUT2D eigenvalue weighted by Crippen LogP contribution is 2.46. The molecule has 0 spiro atoms. The summed E-state index contributed by atoms with van der Waals surface area (Å²) in [5, 5.41) is 22.9. The number of aryl methyl sites for hydroxylation is 2. The first kappa shape index (κ1) is 24.2. The van der Waals surface area contributed by atoms with Crippen LogP contribution in [0.5, 0.6) is 11.5 Å². The Morgan fingerprint density at radius 2 is 1.39 bits per heavy atom. The second kappa shape index (κ2) is 10.1. The molecule has 4 rings (SSSR count). The van der Waals surface area contributed by atoms with Crippen molar-refractivity contribution >= 4 is 0 Å². The largest absolute Gasteiger partial charge is 0.507 e. The molecule has 2 atom stereocenters. The highest BCUT2D eigenvalue weighted by molar-refractivity contribution is 5.53. The summed E-state index contributed by atoms with van der Waals surface area (Å²) in [5.74, 6) is 1.98. The van der Waals surface area contributed by atoms with Gasteiger partial charge in [0.05, 0.1) is 0 Å². The molecule has 0 aliphatic heterocycles. The van der Waals surface area contributed by atoms with Gasteiger partial charge in [-0.15, -0.1) is 0 Å². The van der Waals surface area contributed by atoms with Gasteiger partial charge in [-0.25, -0.2) is 0 Å². The molecule has 2 aromatic rings. The maximum absolute atomic E-state index is 11.5. The molecule has 2 nitrogen and oxygen atoms in total. The molecule has 0 radical (unpaired) electrons. The van der Waals surface area contributed by atoms with E-state index >= 15 is 0 Å². The van der Waals surface area contributed by atoms with Gasteiger partial charge >= 0.3 is 0 Å². The molecule has 2 aliphatic carbocycles. The lowest BCUT2D eigenvalue weighted by atomic mass is 9.69. The molecule has 2 aliphatic rings. The van der Waals surface area contributed by atoms with Crippen LogP contribution in [0.3, 0.4) is 0 Å². The minimum absolute atomic E-state index is 0.0538. The van der Waals surface area contributed by atoms with Gasteiger partial charge in [0, 0.05) is 12.0 Å². The van der Waals surface area contributed by atoms with E-state index in [0.29, 0.717) is 29.8 Å². The van der Waals surface area contributed by atoms with Crippen molar-refractivity contribution in [1.82, 2.24) is 0 Å². The smallest absolute Gasteiger partial charge is 0.122 e. The van der Waals surface area contributed by atoms with Crippen LogP contribution >= 0.6 is 0 Å². The fourth-order valence-electron chi connectivity index (χ4n) is 6.55. The van der Waals surface area contributed by atoms with Crippen molar-refractivity contribution in [1.29, 1.82) is 0 Å². The maximum Gasteiger partial charge on any atom is 0.122 e. The van der Waals surface area contributed by atoms with Crippen molar-refractivity contribution in [3.63, 3.8) is 0 Å². The molecule has 180 valence electrons. The van der Waals surface area contributed by atoms with Gasteiger partial charge in [0.15, 0.2) is 0 Å². The number of hydrogen-bond donors (Lipinski definition) is 2. The first-order valence-electron chi connectivity index (χ1n) is 13.6. The summed E-state index contributed by atoms with van der Waals surface area (Å²) in [5.41, 5.74) is 6.86. The third-order valence-electron chi connectivity index (χ3n) is 8.84. The normalized spacial score (nSPS) is 22.9. The van der Waals surface area contributed by atoms with Gasteiger partial charge < -0.3 is 10.2 Å². The summed E-state index contributed by atoms with van der Waals surface area (Å²) >= 11 is 0. The molecule has 2 fully saturated rings. The zero-order chi connectivity index (χ0) is 23.6. The van der Waals surface area contributed by atoms with E-state index in [-0.39, 0.29) is 5.41 Å². The molecule has 0 amide bonds. The molecular formula is C31H44O2. The summed E-state index contributed by atoms with van der Waals surface area (Å²) in [6, 6.07) is 8.85. The molecule has 0 aromatic heterocycles. The fourth-order valence-corrected chi connectivity index (χ4v) is 6.55. The van der Waals surface area contributed by atoms with Crippen LogP contribution in [0.15, 0.2) is 24.3 Å². The van der Waals surface area contributed by atoms with E-state index in [1.165, 1.54) is 56.1 Å². The summed E-state index contributed by atoms with van der Waals surface area (Å²) in [6.45, 7) is 9.07. The molecule has 2 saturated carbocycles. The Morgan fingerprint density at radius 1 is 0.788 bits per heavy atom. The Labute approximate surface area is 201 Å². The topological polar surface area (TPSA) is 40.5 Å². The SMILES string of the molecule is CCc1cc(Cc2cc(CC)cc(C3(C)CCCCC3)c2O)c(O)c(C2CCCCC2C)c1. The summed E-state index contributed by atoms with van der Waals surface area (Å²) in [6.07, 6.45) is 13.6.